The first kappa shape index (κ1) is 11.0. The molecule has 0 saturated carbocycles. The molecule has 0 spiro atoms. The standard InChI is InChI=1S/C13H18O/c1-4-6-13(14)11(3)12-8-5-7-10(2)9-12/h5,7-9,11H,4,6H2,1-3H3. The van der Waals surface area contributed by atoms with E-state index in [2.05, 4.69) is 19.1 Å². The molecule has 1 rings (SSSR count). The van der Waals surface area contributed by atoms with E-state index >= 15 is 0 Å². The van der Waals surface area contributed by atoms with Gasteiger partial charge in [0.1, 0.15) is 5.78 Å². The summed E-state index contributed by atoms with van der Waals surface area (Å²) >= 11 is 0. The molecule has 1 nitrogen and oxygen atoms in total. The molecule has 1 aromatic carbocycles. The van der Waals surface area contributed by atoms with Gasteiger partial charge in [-0.05, 0) is 18.9 Å². The highest BCUT2D eigenvalue weighted by molar-refractivity contribution is 5.85. The number of hydrogen-bond donors (Lipinski definition) is 0. The second-order valence-electron chi connectivity index (χ2n) is 3.85. The predicted octanol–water partition coefficient (Wildman–Crippen LogP) is 3.47. The molecule has 1 heteroatoms. The number of carbonyl (C=O) groups excluding carboxylic acids is 1. The third-order valence-corrected chi connectivity index (χ3v) is 2.52. The third-order valence-electron chi connectivity index (χ3n) is 2.52. The summed E-state index contributed by atoms with van der Waals surface area (Å²) in [5.41, 5.74) is 2.36. The van der Waals surface area contributed by atoms with Crippen molar-refractivity contribution in [3.05, 3.63) is 35.4 Å². The SMILES string of the molecule is CCCC(=O)C(C)c1cccc(C)c1. The van der Waals surface area contributed by atoms with Crippen LogP contribution < -0.4 is 0 Å². The first-order valence-corrected chi connectivity index (χ1v) is 5.24. The van der Waals surface area contributed by atoms with Crippen LogP contribution in [0.2, 0.25) is 0 Å². The Morgan fingerprint density at radius 1 is 1.43 bits per heavy atom. The number of carbonyl (C=O) groups is 1. The van der Waals surface area contributed by atoms with E-state index < -0.39 is 0 Å². The lowest BCUT2D eigenvalue weighted by molar-refractivity contribution is -0.120. The summed E-state index contributed by atoms with van der Waals surface area (Å²) in [6, 6.07) is 8.20. The first-order chi connectivity index (χ1) is 6.65. The van der Waals surface area contributed by atoms with Gasteiger partial charge in [-0.2, -0.15) is 0 Å². The Morgan fingerprint density at radius 2 is 2.14 bits per heavy atom. The molecule has 0 radical (unpaired) electrons. The topological polar surface area (TPSA) is 17.1 Å². The minimum Gasteiger partial charge on any atom is -0.299 e. The van der Waals surface area contributed by atoms with Crippen LogP contribution in [0.25, 0.3) is 0 Å². The largest absolute Gasteiger partial charge is 0.299 e. The molecule has 0 aromatic heterocycles. The minimum atomic E-state index is 0.0508. The van der Waals surface area contributed by atoms with Gasteiger partial charge in [0.05, 0.1) is 0 Å². The van der Waals surface area contributed by atoms with Gasteiger partial charge in [0.2, 0.25) is 0 Å². The van der Waals surface area contributed by atoms with Crippen molar-refractivity contribution in [1.82, 2.24) is 0 Å². The van der Waals surface area contributed by atoms with Crippen molar-refractivity contribution in [2.75, 3.05) is 0 Å². The maximum absolute atomic E-state index is 11.7. The van der Waals surface area contributed by atoms with E-state index in [1.54, 1.807) is 0 Å². The van der Waals surface area contributed by atoms with E-state index in [0.29, 0.717) is 12.2 Å². The maximum Gasteiger partial charge on any atom is 0.140 e. The lowest BCUT2D eigenvalue weighted by atomic mass is 9.93. The molecule has 1 aromatic rings. The highest BCUT2D eigenvalue weighted by atomic mass is 16.1. The lowest BCUT2D eigenvalue weighted by Crippen LogP contribution is -2.08. The first-order valence-electron chi connectivity index (χ1n) is 5.24. The minimum absolute atomic E-state index is 0.0508. The van der Waals surface area contributed by atoms with Crippen molar-refractivity contribution in [3.63, 3.8) is 0 Å². The second kappa shape index (κ2) is 4.94. The number of rotatable bonds is 4. The van der Waals surface area contributed by atoms with Crippen LogP contribution >= 0.6 is 0 Å². The molecule has 0 amide bonds. The number of ketones is 1. The van der Waals surface area contributed by atoms with E-state index in [4.69, 9.17) is 0 Å². The summed E-state index contributed by atoms with van der Waals surface area (Å²) in [5.74, 6) is 0.396. The zero-order valence-electron chi connectivity index (χ0n) is 9.21. The zero-order valence-corrected chi connectivity index (χ0v) is 9.21. The van der Waals surface area contributed by atoms with E-state index in [1.807, 2.05) is 26.0 Å². The van der Waals surface area contributed by atoms with Gasteiger partial charge >= 0.3 is 0 Å². The molecular formula is C13H18O. The summed E-state index contributed by atoms with van der Waals surface area (Å²) < 4.78 is 0. The average Bonchev–Trinajstić information content (AvgIpc) is 2.17. The molecule has 0 aliphatic carbocycles. The van der Waals surface area contributed by atoms with Crippen LogP contribution in [0, 0.1) is 6.92 Å². The molecule has 14 heavy (non-hydrogen) atoms. The monoisotopic (exact) mass is 190 g/mol. The molecule has 1 unspecified atom stereocenters. The van der Waals surface area contributed by atoms with Gasteiger partial charge in [-0.15, -0.1) is 0 Å². The Morgan fingerprint density at radius 3 is 2.71 bits per heavy atom. The van der Waals surface area contributed by atoms with Crippen LogP contribution in [-0.2, 0) is 4.79 Å². The Hall–Kier alpha value is -1.11. The Kier molecular flexibility index (Phi) is 3.87. The van der Waals surface area contributed by atoms with Crippen molar-refractivity contribution < 1.29 is 4.79 Å². The molecule has 0 aliphatic heterocycles. The predicted molar refractivity (Wildman–Crippen MR) is 59.5 cm³/mol. The number of Topliss-reactive ketones (excluding diaryl/α,β-unsaturated/α-hetero) is 1. The Balaban J connectivity index is 2.78. The van der Waals surface area contributed by atoms with E-state index in [1.165, 1.54) is 5.56 Å². The molecule has 0 aliphatic rings. The highest BCUT2D eigenvalue weighted by Crippen LogP contribution is 2.19. The number of hydrogen-bond acceptors (Lipinski definition) is 1. The third kappa shape index (κ3) is 2.69. The van der Waals surface area contributed by atoms with Crippen molar-refractivity contribution in [2.45, 2.75) is 39.5 Å². The molecule has 76 valence electrons. The fraction of sp³-hybridized carbons (Fsp3) is 0.462. The molecule has 0 N–H and O–H groups in total. The summed E-state index contributed by atoms with van der Waals surface area (Å²) in [5, 5.41) is 0. The average molecular weight is 190 g/mol. The van der Waals surface area contributed by atoms with Crippen LogP contribution in [0.15, 0.2) is 24.3 Å². The van der Waals surface area contributed by atoms with Gasteiger partial charge in [-0.3, -0.25) is 4.79 Å². The smallest absolute Gasteiger partial charge is 0.140 e. The van der Waals surface area contributed by atoms with Crippen molar-refractivity contribution in [3.8, 4) is 0 Å². The van der Waals surface area contributed by atoms with Gasteiger partial charge in [-0.25, -0.2) is 0 Å². The summed E-state index contributed by atoms with van der Waals surface area (Å²) in [4.78, 5) is 11.7. The van der Waals surface area contributed by atoms with Crippen molar-refractivity contribution >= 4 is 5.78 Å². The Labute approximate surface area is 86.1 Å². The van der Waals surface area contributed by atoms with Crippen LogP contribution in [0.4, 0.5) is 0 Å². The van der Waals surface area contributed by atoms with E-state index in [9.17, 15) is 4.79 Å². The summed E-state index contributed by atoms with van der Waals surface area (Å²) in [7, 11) is 0. The molecular weight excluding hydrogens is 172 g/mol. The lowest BCUT2D eigenvalue weighted by Gasteiger charge is -2.10. The molecule has 0 fully saturated rings. The van der Waals surface area contributed by atoms with Gasteiger partial charge < -0.3 is 0 Å². The van der Waals surface area contributed by atoms with Crippen LogP contribution in [0.1, 0.15) is 43.7 Å². The molecule has 1 atom stereocenters. The summed E-state index contributed by atoms with van der Waals surface area (Å²) in [6.45, 7) is 6.09. The number of benzene rings is 1. The molecule has 0 heterocycles. The zero-order chi connectivity index (χ0) is 10.6. The van der Waals surface area contributed by atoms with Crippen LogP contribution in [-0.4, -0.2) is 5.78 Å². The van der Waals surface area contributed by atoms with Crippen LogP contribution in [0.5, 0.6) is 0 Å². The van der Waals surface area contributed by atoms with Gasteiger partial charge in [0.15, 0.2) is 0 Å². The highest BCUT2D eigenvalue weighted by Gasteiger charge is 2.13. The summed E-state index contributed by atoms with van der Waals surface area (Å²) in [6.07, 6.45) is 1.63. The quantitative estimate of drug-likeness (QED) is 0.710. The van der Waals surface area contributed by atoms with Gasteiger partial charge in [0.25, 0.3) is 0 Å². The molecule has 0 saturated heterocycles. The normalized spacial score (nSPS) is 12.5. The van der Waals surface area contributed by atoms with Gasteiger partial charge in [0, 0.05) is 12.3 Å². The van der Waals surface area contributed by atoms with Gasteiger partial charge in [-0.1, -0.05) is 43.7 Å². The maximum atomic E-state index is 11.7. The second-order valence-corrected chi connectivity index (χ2v) is 3.85. The molecule has 0 bridgehead atoms. The number of aryl methyl sites for hydroxylation is 1. The Bertz CT molecular complexity index is 315. The van der Waals surface area contributed by atoms with Crippen molar-refractivity contribution in [1.29, 1.82) is 0 Å². The fourth-order valence-electron chi connectivity index (χ4n) is 1.59. The van der Waals surface area contributed by atoms with E-state index in [-0.39, 0.29) is 5.92 Å². The van der Waals surface area contributed by atoms with E-state index in [0.717, 1.165) is 12.0 Å². The van der Waals surface area contributed by atoms with Crippen molar-refractivity contribution in [2.24, 2.45) is 0 Å². The van der Waals surface area contributed by atoms with Crippen LogP contribution in [0.3, 0.4) is 0 Å². The fourth-order valence-corrected chi connectivity index (χ4v) is 1.59.